The maximum absolute atomic E-state index is 14.7. The number of benzene rings is 2. The van der Waals surface area contributed by atoms with Crippen LogP contribution < -0.4 is 42.0 Å². The number of alkyl carbamates (subject to hydrolysis) is 1. The third-order valence-corrected chi connectivity index (χ3v) is 19.0. The summed E-state index contributed by atoms with van der Waals surface area (Å²) < 4.78 is 35.5. The number of anilines is 2. The molecule has 0 aliphatic carbocycles. The number of aldehydes is 1. The Morgan fingerprint density at radius 3 is 2.43 bits per heavy atom. The second-order valence-electron chi connectivity index (χ2n) is 23.8. The largest absolute Gasteiger partial charge is 0.495 e. The van der Waals surface area contributed by atoms with Crippen molar-refractivity contribution in [2.75, 3.05) is 62.3 Å². The number of esters is 1. The number of halogens is 3. The lowest BCUT2D eigenvalue weighted by atomic mass is 9.83. The maximum atomic E-state index is 14.7. The lowest BCUT2D eigenvalue weighted by molar-refractivity contribution is -0.158. The minimum atomic E-state index is -1.93. The van der Waals surface area contributed by atoms with Crippen molar-refractivity contribution in [3.8, 4) is 5.75 Å². The molecule has 91 heavy (non-hydrogen) atoms. The third-order valence-electron chi connectivity index (χ3n) is 16.7. The highest BCUT2D eigenvalue weighted by molar-refractivity contribution is 9.10. The zero-order valence-corrected chi connectivity index (χ0v) is 56.8. The van der Waals surface area contributed by atoms with Gasteiger partial charge in [-0.25, -0.2) is 14.4 Å². The highest BCUT2D eigenvalue weighted by Crippen LogP contribution is 2.49. The first-order chi connectivity index (χ1) is 43.1. The topological polar surface area (TPSA) is 338 Å². The number of hydrogen-bond acceptors (Lipinski definition) is 17. The van der Waals surface area contributed by atoms with Crippen LogP contribution in [-0.4, -0.2) is 181 Å². The molecular formula is C63H84Br2ClN9O16. The van der Waals surface area contributed by atoms with Crippen LogP contribution in [0, 0.1) is 11.8 Å². The van der Waals surface area contributed by atoms with Crippen molar-refractivity contribution in [1.82, 2.24) is 31.2 Å². The molecule has 498 valence electrons. The molecule has 1 aromatic heterocycles. The van der Waals surface area contributed by atoms with E-state index in [-0.39, 0.29) is 59.9 Å². The van der Waals surface area contributed by atoms with E-state index in [2.05, 4.69) is 63.4 Å². The van der Waals surface area contributed by atoms with Crippen molar-refractivity contribution in [1.29, 1.82) is 0 Å². The van der Waals surface area contributed by atoms with Crippen LogP contribution in [0.2, 0.25) is 5.02 Å². The van der Waals surface area contributed by atoms with Crippen LogP contribution >= 0.6 is 43.5 Å². The Hall–Kier alpha value is -6.75. The first-order valence-corrected chi connectivity index (χ1v) is 32.6. The summed E-state index contributed by atoms with van der Waals surface area (Å²) in [4.78, 5) is 129. The van der Waals surface area contributed by atoms with Gasteiger partial charge >= 0.3 is 18.1 Å². The van der Waals surface area contributed by atoms with Crippen LogP contribution in [0.15, 0.2) is 66.4 Å². The number of nitrogens with one attached hydrogen (secondary N) is 5. The molecule has 2 saturated heterocycles. The second-order valence-corrected chi connectivity index (χ2v) is 25.3. The molecule has 4 heterocycles. The summed E-state index contributed by atoms with van der Waals surface area (Å²) in [5.74, 6) is -4.56. The molecule has 3 aromatic rings. The Morgan fingerprint density at radius 1 is 1.04 bits per heavy atom. The van der Waals surface area contributed by atoms with Gasteiger partial charge in [-0.3, -0.25) is 34.3 Å². The first-order valence-electron chi connectivity index (χ1n) is 30.0. The molecule has 0 unspecified atom stereocenters. The SMILES string of the molecule is COc1cc2cc(c1Cl)N(C)C(=O)C[C@H](OC(=O)[C@H](C)N(C)C(=O)c1ccc(NC(=O)[C@H](CCCNC(N)=O)NC(=O)[C@@H](NC(=O)CCCCCOC(C=O)(CBr)CBr)C(C)C)c3cccnc13)[C@]1(C)O[C@H]1[C@H](C)[C@@H]1C[C@@](O)(NC(=O)O1)[C@H](OC)/C=C/C=C(\C)C2. The van der Waals surface area contributed by atoms with E-state index >= 15 is 0 Å². The molecule has 4 bridgehead atoms. The number of nitrogens with zero attached hydrogens (tertiary/aromatic N) is 3. The number of aromatic nitrogens is 1. The fourth-order valence-corrected chi connectivity index (χ4v) is 12.8. The zero-order chi connectivity index (χ0) is 67.1. The number of alkyl halides is 2. The van der Waals surface area contributed by atoms with E-state index in [1.165, 1.54) is 58.5 Å². The minimum Gasteiger partial charge on any atom is -0.495 e. The summed E-state index contributed by atoms with van der Waals surface area (Å²) in [5, 5.41) is 26.5. The number of primary amides is 1. The first kappa shape index (κ1) is 73.3. The summed E-state index contributed by atoms with van der Waals surface area (Å²) in [6.45, 7) is 10.6. The maximum Gasteiger partial charge on any atom is 0.409 e. The molecule has 2 aromatic carbocycles. The molecule has 0 saturated carbocycles. The normalized spacial score (nSPS) is 23.7. The molecule has 6 rings (SSSR count). The van der Waals surface area contributed by atoms with Gasteiger partial charge in [-0.15, -0.1) is 0 Å². The molecule has 2 fully saturated rings. The van der Waals surface area contributed by atoms with Crippen LogP contribution in [0.1, 0.15) is 109 Å². The molecule has 3 aliphatic heterocycles. The number of urea groups is 1. The van der Waals surface area contributed by atoms with E-state index in [4.69, 9.17) is 45.8 Å². The Bertz CT molecular complexity index is 3230. The molecular weight excluding hydrogens is 1330 g/mol. The molecule has 10 atom stereocenters. The number of likely N-dealkylation sites (N-methyl/N-ethyl adjacent to an activating group) is 1. The van der Waals surface area contributed by atoms with E-state index in [9.17, 15) is 48.3 Å². The summed E-state index contributed by atoms with van der Waals surface area (Å²) in [5.41, 5.74) is 3.29. The molecule has 25 nitrogen and oxygen atoms in total. The number of unbranched alkanes of at least 4 members (excludes halogenated alkanes) is 2. The number of carbonyl (C=O) groups is 9. The van der Waals surface area contributed by atoms with Gasteiger partial charge < -0.3 is 75.1 Å². The lowest BCUT2D eigenvalue weighted by Crippen LogP contribution is -2.63. The van der Waals surface area contributed by atoms with Crippen molar-refractivity contribution in [3.05, 3.63) is 82.5 Å². The van der Waals surface area contributed by atoms with Crippen LogP contribution in [0.3, 0.4) is 0 Å². The van der Waals surface area contributed by atoms with Crippen molar-refractivity contribution in [2.24, 2.45) is 17.6 Å². The number of hydrogen-bond donors (Lipinski definition) is 7. The van der Waals surface area contributed by atoms with Crippen molar-refractivity contribution >= 4 is 120 Å². The van der Waals surface area contributed by atoms with E-state index in [0.717, 1.165) is 22.3 Å². The molecule has 0 spiro atoms. The number of aliphatic hydroxyl groups is 1. The van der Waals surface area contributed by atoms with Gasteiger partial charge in [-0.2, -0.15) is 0 Å². The van der Waals surface area contributed by atoms with Crippen molar-refractivity contribution in [2.45, 2.75) is 159 Å². The summed E-state index contributed by atoms with van der Waals surface area (Å²) in [7, 11) is 5.77. The highest BCUT2D eigenvalue weighted by atomic mass is 79.9. The number of amides is 8. The number of allylic oxidation sites excluding steroid dienone is 3. The van der Waals surface area contributed by atoms with Crippen LogP contribution in [0.4, 0.5) is 21.0 Å². The van der Waals surface area contributed by atoms with Crippen LogP contribution in [0.5, 0.6) is 5.75 Å². The standard InChI is InChI=1S/C63H84Br2ClN9O16/c1-35(2)52(72-49(77)21-12-11-13-26-88-62(32-64,33-65)34-76)56(80)71-43(19-16-25-69-59(67)83)55(79)70-42-23-22-41(53-40(42)18-15-24-68-53)57(81)74(7)38(5)58(82)90-48-30-50(78)75(8)44-28-39(29-45(86-9)51(44)66)27-36(3)17-14-20-47(87-10)63(85)31-46(89-60(84)73-63)37(4)54-61(48,6)91-54/h14-15,17-18,20,22-24,28-29,34-35,37-38,43,46-48,52,54,85H,11-13,16,19,21,25-27,30-33H2,1-10H3,(H,70,79)(H,71,80)(H,72,77)(H,73,84)(H3,67,69,83)/b20-14+,36-17+/t37-,38+,43+,46+,47-,48+,52+,54+,61+,63+/m1/s1. The van der Waals surface area contributed by atoms with Crippen LogP contribution in [0.25, 0.3) is 10.9 Å². The predicted molar refractivity (Wildman–Crippen MR) is 347 cm³/mol. The number of carbonyl (C=O) groups excluding carboxylic acids is 9. The van der Waals surface area contributed by atoms with Gasteiger partial charge in [0.05, 0.1) is 42.1 Å². The molecule has 3 aliphatic rings. The average molecular weight is 1420 g/mol. The fraction of sp³-hybridized carbons (Fsp3) is 0.556. The van der Waals surface area contributed by atoms with E-state index in [0.29, 0.717) is 59.8 Å². The zero-order valence-electron chi connectivity index (χ0n) is 52.9. The Balaban J connectivity index is 1.21. The van der Waals surface area contributed by atoms with Gasteiger partial charge in [0.2, 0.25) is 23.6 Å². The van der Waals surface area contributed by atoms with E-state index in [1.807, 2.05) is 13.0 Å². The highest BCUT2D eigenvalue weighted by Gasteiger charge is 2.64. The number of nitrogens with two attached hydrogens (primary N) is 1. The second kappa shape index (κ2) is 32.7. The van der Waals surface area contributed by atoms with Gasteiger partial charge in [0.15, 0.2) is 12.0 Å². The number of ether oxygens (including phenoxy) is 6. The Kier molecular flexibility index (Phi) is 26.3. The molecule has 28 heteroatoms. The van der Waals surface area contributed by atoms with Crippen molar-refractivity contribution in [3.63, 3.8) is 0 Å². The summed E-state index contributed by atoms with van der Waals surface area (Å²) in [6, 6.07) is 5.29. The van der Waals surface area contributed by atoms with Gasteiger partial charge in [0.1, 0.15) is 58.4 Å². The monoisotopic (exact) mass is 1420 g/mol. The smallest absolute Gasteiger partial charge is 0.409 e. The quantitative estimate of drug-likeness (QED) is 0.0145. The molecule has 8 amide bonds. The predicted octanol–water partition coefficient (Wildman–Crippen LogP) is 6.69. The number of epoxide rings is 1. The van der Waals surface area contributed by atoms with E-state index in [1.54, 1.807) is 64.1 Å². The van der Waals surface area contributed by atoms with Gasteiger partial charge in [-0.1, -0.05) is 94.5 Å². The Morgan fingerprint density at radius 2 is 1.77 bits per heavy atom. The fourth-order valence-electron chi connectivity index (χ4n) is 10.9. The van der Waals surface area contributed by atoms with Gasteiger partial charge in [0.25, 0.3) is 5.91 Å². The van der Waals surface area contributed by atoms with E-state index < -0.39 is 119 Å². The molecule has 0 radical (unpaired) electrons. The third kappa shape index (κ3) is 18.5. The average Bonchev–Trinajstić information content (AvgIpc) is 1.59. The minimum absolute atomic E-state index is 0.0247. The van der Waals surface area contributed by atoms with Gasteiger partial charge in [-0.05, 0) is 101 Å². The number of rotatable bonds is 26. The number of methoxy groups -OCH3 is 2. The van der Waals surface area contributed by atoms with Crippen LogP contribution in [-0.2, 0) is 58.9 Å². The number of pyridine rings is 1. The van der Waals surface area contributed by atoms with Crippen molar-refractivity contribution < 1.29 is 76.7 Å². The molecule has 8 N–H and O–H groups in total. The Labute approximate surface area is 551 Å². The van der Waals surface area contributed by atoms with Gasteiger partial charge in [0, 0.05) is 75.4 Å². The summed E-state index contributed by atoms with van der Waals surface area (Å²) >= 11 is 13.5. The summed E-state index contributed by atoms with van der Waals surface area (Å²) in [6.07, 6.45) is 4.14. The lowest BCUT2D eigenvalue weighted by Gasteiger charge is -2.42. The number of fused-ring (bicyclic) bond motifs is 6.